The molecular weight excluding hydrogens is 401 g/mol. The lowest BCUT2D eigenvalue weighted by Gasteiger charge is -2.33. The first-order valence-corrected chi connectivity index (χ1v) is 9.78. The molecule has 0 aliphatic carbocycles. The molecule has 1 aliphatic rings. The highest BCUT2D eigenvalue weighted by molar-refractivity contribution is 6.32. The number of rotatable bonds is 3. The summed E-state index contributed by atoms with van der Waals surface area (Å²) in [7, 11) is 0. The fourth-order valence-electron chi connectivity index (χ4n) is 3.94. The van der Waals surface area contributed by atoms with Gasteiger partial charge in [-0.2, -0.15) is 13.2 Å². The van der Waals surface area contributed by atoms with Crippen LogP contribution >= 0.6 is 11.6 Å². The van der Waals surface area contributed by atoms with Gasteiger partial charge in [-0.1, -0.05) is 44.5 Å². The van der Waals surface area contributed by atoms with E-state index in [0.29, 0.717) is 30.1 Å². The van der Waals surface area contributed by atoms with Gasteiger partial charge in [-0.05, 0) is 52.8 Å². The largest absolute Gasteiger partial charge is 0.416 e. The van der Waals surface area contributed by atoms with Crippen LogP contribution in [0.2, 0.25) is 5.02 Å². The molecule has 2 N–H and O–H groups in total. The van der Waals surface area contributed by atoms with Crippen molar-refractivity contribution < 1.29 is 18.0 Å². The Morgan fingerprint density at radius 1 is 1.10 bits per heavy atom. The van der Waals surface area contributed by atoms with Gasteiger partial charge < -0.3 is 10.6 Å². The van der Waals surface area contributed by atoms with Crippen molar-refractivity contribution in [3.8, 4) is 0 Å². The zero-order valence-corrected chi connectivity index (χ0v) is 17.4. The number of nitrogens with zero attached hydrogens (tertiary/aromatic N) is 1. The zero-order chi connectivity index (χ0) is 21.6. The summed E-state index contributed by atoms with van der Waals surface area (Å²) >= 11 is 6.51. The number of hydrogen-bond donors (Lipinski definition) is 1. The molecule has 3 rings (SSSR count). The van der Waals surface area contributed by atoms with Gasteiger partial charge in [-0.15, -0.1) is 0 Å². The molecule has 156 valence electrons. The highest BCUT2D eigenvalue weighted by Gasteiger charge is 2.34. The van der Waals surface area contributed by atoms with Gasteiger partial charge in [0.05, 0.1) is 11.5 Å². The average Bonchev–Trinajstić information content (AvgIpc) is 2.60. The minimum atomic E-state index is -4.33. The van der Waals surface area contributed by atoms with Crippen molar-refractivity contribution in [1.82, 2.24) is 0 Å². The Morgan fingerprint density at radius 2 is 1.79 bits per heavy atom. The molecule has 2 aromatic carbocycles. The lowest BCUT2D eigenvalue weighted by molar-refractivity contribution is -0.137. The summed E-state index contributed by atoms with van der Waals surface area (Å²) in [4.78, 5) is 14.1. The third kappa shape index (κ3) is 4.53. The first-order chi connectivity index (χ1) is 13.4. The molecule has 0 aromatic heterocycles. The predicted octanol–water partition coefficient (Wildman–Crippen LogP) is 5.54. The zero-order valence-electron chi connectivity index (χ0n) is 16.6. The van der Waals surface area contributed by atoms with Crippen LogP contribution in [0.4, 0.5) is 18.9 Å². The molecule has 1 unspecified atom stereocenters. The minimum absolute atomic E-state index is 0.378. The van der Waals surface area contributed by atoms with Crippen molar-refractivity contribution in [3.05, 3.63) is 63.7 Å². The Morgan fingerprint density at radius 3 is 2.34 bits per heavy atom. The molecule has 0 bridgehead atoms. The highest BCUT2D eigenvalue weighted by Crippen LogP contribution is 2.40. The number of carbonyl (C=O) groups is 1. The molecular formula is C22H24ClF3N2O. The summed E-state index contributed by atoms with van der Waals surface area (Å²) in [5.41, 5.74) is 7.76. The Kier molecular flexibility index (Phi) is 5.60. The number of primary amides is 1. The molecule has 7 heteroatoms. The van der Waals surface area contributed by atoms with Crippen molar-refractivity contribution in [2.45, 2.75) is 45.8 Å². The summed E-state index contributed by atoms with van der Waals surface area (Å²) in [6.07, 6.45) is -3.82. The molecule has 0 fully saturated rings. The number of anilines is 1. The molecule has 29 heavy (non-hydrogen) atoms. The van der Waals surface area contributed by atoms with E-state index in [0.717, 1.165) is 22.9 Å². The van der Waals surface area contributed by atoms with Gasteiger partial charge in [0.25, 0.3) is 0 Å². The van der Waals surface area contributed by atoms with Crippen LogP contribution in [0, 0.1) is 5.41 Å². The Balaban J connectivity index is 1.86. The van der Waals surface area contributed by atoms with Crippen molar-refractivity contribution in [2.75, 3.05) is 11.4 Å². The smallest absolute Gasteiger partial charge is 0.369 e. The van der Waals surface area contributed by atoms with Crippen molar-refractivity contribution in [1.29, 1.82) is 0 Å². The number of halogens is 4. The minimum Gasteiger partial charge on any atom is -0.369 e. The van der Waals surface area contributed by atoms with E-state index in [2.05, 4.69) is 4.90 Å². The summed E-state index contributed by atoms with van der Waals surface area (Å²) in [6, 6.07) is 9.41. The normalized spacial score (nSPS) is 15.8. The fourth-order valence-corrected chi connectivity index (χ4v) is 4.23. The Hall–Kier alpha value is -2.21. The third-order valence-corrected chi connectivity index (χ3v) is 5.68. The fraction of sp³-hybridized carbons (Fsp3) is 0.409. The average molecular weight is 425 g/mol. The number of alkyl halides is 3. The van der Waals surface area contributed by atoms with Gasteiger partial charge in [0.2, 0.25) is 5.91 Å². The van der Waals surface area contributed by atoms with Gasteiger partial charge in [0.15, 0.2) is 0 Å². The lowest BCUT2D eigenvalue weighted by atomic mass is 9.76. The number of amides is 1. The third-order valence-electron chi connectivity index (χ3n) is 5.36. The highest BCUT2D eigenvalue weighted by atomic mass is 35.5. The maximum atomic E-state index is 12.9. The van der Waals surface area contributed by atoms with Crippen LogP contribution < -0.4 is 10.6 Å². The number of nitrogens with two attached hydrogens (primary N) is 1. The van der Waals surface area contributed by atoms with Gasteiger partial charge in [0.1, 0.15) is 0 Å². The van der Waals surface area contributed by atoms with Crippen molar-refractivity contribution in [2.24, 2.45) is 11.1 Å². The molecule has 0 radical (unpaired) electrons. The topological polar surface area (TPSA) is 46.3 Å². The summed E-state index contributed by atoms with van der Waals surface area (Å²) in [5.74, 6) is -0.952. The van der Waals surface area contributed by atoms with E-state index in [1.54, 1.807) is 12.1 Å². The maximum absolute atomic E-state index is 12.9. The standard InChI is InChI=1S/C22H24ClF3N2O/c1-21(2,3)19(20(27)29)17-7-6-16(11-18(17)23)28-9-8-13-10-15(22(24,25)26)5-4-14(13)12-28/h4-7,10-11,19H,8-9,12H2,1-3H3,(H2,27,29). The van der Waals surface area contributed by atoms with E-state index in [1.165, 1.54) is 6.07 Å². The van der Waals surface area contributed by atoms with Crippen LogP contribution in [0.1, 0.15) is 48.9 Å². The van der Waals surface area contributed by atoms with Crippen LogP contribution in [0.5, 0.6) is 0 Å². The van der Waals surface area contributed by atoms with E-state index < -0.39 is 23.6 Å². The monoisotopic (exact) mass is 424 g/mol. The number of carbonyl (C=O) groups excluding carboxylic acids is 1. The molecule has 1 aliphatic heterocycles. The van der Waals surface area contributed by atoms with Gasteiger partial charge in [-0.25, -0.2) is 0 Å². The molecule has 1 heterocycles. The first kappa shape index (κ1) is 21.5. The summed E-state index contributed by atoms with van der Waals surface area (Å²) < 4.78 is 38.8. The SMILES string of the molecule is CC(C)(C)C(C(N)=O)c1ccc(N2CCc3cc(C(F)(F)F)ccc3C2)cc1Cl. The first-order valence-electron chi connectivity index (χ1n) is 9.40. The molecule has 0 saturated carbocycles. The van der Waals surface area contributed by atoms with E-state index >= 15 is 0 Å². The number of benzene rings is 2. The summed E-state index contributed by atoms with van der Waals surface area (Å²) in [5, 5.41) is 0.458. The lowest BCUT2D eigenvalue weighted by Crippen LogP contribution is -2.32. The number of hydrogen-bond acceptors (Lipinski definition) is 2. The van der Waals surface area contributed by atoms with E-state index in [-0.39, 0.29) is 5.41 Å². The van der Waals surface area contributed by atoms with Gasteiger partial charge >= 0.3 is 6.18 Å². The second-order valence-electron chi connectivity index (χ2n) is 8.56. The summed E-state index contributed by atoms with van der Waals surface area (Å²) in [6.45, 7) is 6.89. The molecule has 1 amide bonds. The molecule has 3 nitrogen and oxygen atoms in total. The van der Waals surface area contributed by atoms with Crippen molar-refractivity contribution >= 4 is 23.2 Å². The predicted molar refractivity (Wildman–Crippen MR) is 109 cm³/mol. The van der Waals surface area contributed by atoms with E-state index in [9.17, 15) is 18.0 Å². The molecule has 0 saturated heterocycles. The molecule has 1 atom stereocenters. The van der Waals surface area contributed by atoms with E-state index in [4.69, 9.17) is 17.3 Å². The van der Waals surface area contributed by atoms with Crippen LogP contribution in [0.3, 0.4) is 0 Å². The van der Waals surface area contributed by atoms with Crippen LogP contribution in [-0.4, -0.2) is 12.5 Å². The van der Waals surface area contributed by atoms with E-state index in [1.807, 2.05) is 32.9 Å². The van der Waals surface area contributed by atoms with Gasteiger partial charge in [-0.3, -0.25) is 4.79 Å². The van der Waals surface area contributed by atoms with Crippen LogP contribution in [0.15, 0.2) is 36.4 Å². The molecule has 0 spiro atoms. The number of fused-ring (bicyclic) bond motifs is 1. The van der Waals surface area contributed by atoms with Gasteiger partial charge in [0, 0.05) is 23.8 Å². The van der Waals surface area contributed by atoms with Crippen molar-refractivity contribution in [3.63, 3.8) is 0 Å². The maximum Gasteiger partial charge on any atom is 0.416 e. The Labute approximate surface area is 173 Å². The van der Waals surface area contributed by atoms with Crippen LogP contribution in [-0.2, 0) is 23.9 Å². The second kappa shape index (κ2) is 7.56. The quantitative estimate of drug-likeness (QED) is 0.703. The second-order valence-corrected chi connectivity index (χ2v) is 8.97. The Bertz CT molecular complexity index is 935. The molecule has 2 aromatic rings. The van der Waals surface area contributed by atoms with Crippen LogP contribution in [0.25, 0.3) is 0 Å².